The van der Waals surface area contributed by atoms with Gasteiger partial charge in [0.2, 0.25) is 0 Å². The maximum Gasteiger partial charge on any atom is 0.309 e. The van der Waals surface area contributed by atoms with Crippen LogP contribution in [-0.4, -0.2) is 13.1 Å². The molecule has 0 fully saturated rings. The molecule has 94 valence electrons. The average Bonchev–Trinajstić information content (AvgIpc) is 2.35. The highest BCUT2D eigenvalue weighted by molar-refractivity contribution is 5.72. The van der Waals surface area contributed by atoms with E-state index in [-0.39, 0.29) is 5.97 Å². The molecule has 2 nitrogen and oxygen atoms in total. The second-order valence-electron chi connectivity index (χ2n) is 4.38. The lowest BCUT2D eigenvalue weighted by Gasteiger charge is -2.04. The number of carbonyl (C=O) groups is 1. The number of carbonyl (C=O) groups excluding carboxylic acids is 1. The Hall–Kier alpha value is -1.31. The highest BCUT2D eigenvalue weighted by atomic mass is 16.5. The molecule has 0 radical (unpaired) electrons. The van der Waals surface area contributed by atoms with Crippen LogP contribution in [-0.2, 0) is 22.4 Å². The summed E-state index contributed by atoms with van der Waals surface area (Å²) < 4.78 is 4.67. The first-order valence-electron chi connectivity index (χ1n) is 6.41. The Kier molecular flexibility index (Phi) is 6.38. The molecule has 0 bridgehead atoms. The minimum Gasteiger partial charge on any atom is -0.469 e. The van der Waals surface area contributed by atoms with E-state index in [1.807, 2.05) is 12.1 Å². The number of esters is 1. The van der Waals surface area contributed by atoms with E-state index in [1.54, 1.807) is 0 Å². The van der Waals surface area contributed by atoms with Crippen LogP contribution in [0.2, 0.25) is 0 Å². The molecule has 0 aliphatic heterocycles. The zero-order chi connectivity index (χ0) is 12.5. The molecule has 1 aromatic carbocycles. The Labute approximate surface area is 104 Å². The largest absolute Gasteiger partial charge is 0.469 e. The van der Waals surface area contributed by atoms with Crippen molar-refractivity contribution < 1.29 is 9.53 Å². The fourth-order valence-corrected chi connectivity index (χ4v) is 1.89. The smallest absolute Gasteiger partial charge is 0.309 e. The SMILES string of the molecule is CCCCCCc1cccc(CC(=O)OC)c1. The van der Waals surface area contributed by atoms with E-state index < -0.39 is 0 Å². The first-order valence-corrected chi connectivity index (χ1v) is 6.41. The molecule has 0 heterocycles. The molecule has 0 saturated carbocycles. The normalized spacial score (nSPS) is 10.2. The minimum atomic E-state index is -0.173. The number of aryl methyl sites for hydroxylation is 1. The molecular formula is C15H22O2. The van der Waals surface area contributed by atoms with E-state index in [1.165, 1.54) is 38.4 Å². The molecule has 0 aromatic heterocycles. The molecular weight excluding hydrogens is 212 g/mol. The van der Waals surface area contributed by atoms with Crippen molar-refractivity contribution in [1.82, 2.24) is 0 Å². The summed E-state index contributed by atoms with van der Waals surface area (Å²) in [6.07, 6.45) is 6.58. The van der Waals surface area contributed by atoms with Crippen LogP contribution in [0.1, 0.15) is 43.7 Å². The fourth-order valence-electron chi connectivity index (χ4n) is 1.89. The van der Waals surface area contributed by atoms with Gasteiger partial charge in [-0.15, -0.1) is 0 Å². The second-order valence-corrected chi connectivity index (χ2v) is 4.38. The summed E-state index contributed by atoms with van der Waals surface area (Å²) in [6.45, 7) is 2.22. The number of hydrogen-bond donors (Lipinski definition) is 0. The van der Waals surface area contributed by atoms with Crippen LogP contribution in [0.5, 0.6) is 0 Å². The third-order valence-corrected chi connectivity index (χ3v) is 2.89. The molecule has 1 aromatic rings. The van der Waals surface area contributed by atoms with Crippen molar-refractivity contribution in [1.29, 1.82) is 0 Å². The first kappa shape index (κ1) is 13.8. The van der Waals surface area contributed by atoms with Gasteiger partial charge in [0.05, 0.1) is 13.5 Å². The summed E-state index contributed by atoms with van der Waals surface area (Å²) >= 11 is 0. The highest BCUT2D eigenvalue weighted by Crippen LogP contribution is 2.11. The van der Waals surface area contributed by atoms with Crippen LogP contribution in [0.15, 0.2) is 24.3 Å². The maximum atomic E-state index is 11.2. The predicted molar refractivity (Wildman–Crippen MR) is 70.0 cm³/mol. The van der Waals surface area contributed by atoms with Crippen molar-refractivity contribution in [2.24, 2.45) is 0 Å². The van der Waals surface area contributed by atoms with Gasteiger partial charge in [0.15, 0.2) is 0 Å². The molecule has 0 aliphatic carbocycles. The standard InChI is InChI=1S/C15H22O2/c1-3-4-5-6-8-13-9-7-10-14(11-13)12-15(16)17-2/h7,9-11H,3-6,8,12H2,1-2H3. The van der Waals surface area contributed by atoms with Crippen LogP contribution in [0.25, 0.3) is 0 Å². The van der Waals surface area contributed by atoms with Crippen LogP contribution in [0.4, 0.5) is 0 Å². The van der Waals surface area contributed by atoms with Crippen molar-refractivity contribution in [3.8, 4) is 0 Å². The zero-order valence-electron chi connectivity index (χ0n) is 10.9. The van der Waals surface area contributed by atoms with Gasteiger partial charge in [-0.25, -0.2) is 0 Å². The van der Waals surface area contributed by atoms with Gasteiger partial charge in [0.1, 0.15) is 0 Å². The average molecular weight is 234 g/mol. The van der Waals surface area contributed by atoms with Crippen molar-refractivity contribution in [2.75, 3.05) is 7.11 Å². The maximum absolute atomic E-state index is 11.2. The summed E-state index contributed by atoms with van der Waals surface area (Å²) in [6, 6.07) is 8.25. The van der Waals surface area contributed by atoms with Gasteiger partial charge in [-0.1, -0.05) is 50.5 Å². The molecule has 0 amide bonds. The first-order chi connectivity index (χ1) is 8.26. The summed E-state index contributed by atoms with van der Waals surface area (Å²) in [5.74, 6) is -0.173. The van der Waals surface area contributed by atoms with Crippen molar-refractivity contribution in [3.63, 3.8) is 0 Å². The van der Waals surface area contributed by atoms with E-state index in [0.29, 0.717) is 6.42 Å². The molecule has 0 N–H and O–H groups in total. The molecule has 2 heteroatoms. The lowest BCUT2D eigenvalue weighted by atomic mass is 10.0. The van der Waals surface area contributed by atoms with E-state index >= 15 is 0 Å². The Morgan fingerprint density at radius 3 is 2.65 bits per heavy atom. The predicted octanol–water partition coefficient (Wildman–Crippen LogP) is 3.52. The lowest BCUT2D eigenvalue weighted by molar-refractivity contribution is -0.139. The van der Waals surface area contributed by atoms with Crippen LogP contribution in [0, 0.1) is 0 Å². The van der Waals surface area contributed by atoms with Crippen molar-refractivity contribution >= 4 is 5.97 Å². The Morgan fingerprint density at radius 1 is 1.18 bits per heavy atom. The topological polar surface area (TPSA) is 26.3 Å². The summed E-state index contributed by atoms with van der Waals surface area (Å²) in [5, 5.41) is 0. The van der Waals surface area contributed by atoms with Crippen molar-refractivity contribution in [2.45, 2.75) is 45.4 Å². The second kappa shape index (κ2) is 7.88. The highest BCUT2D eigenvalue weighted by Gasteiger charge is 2.03. The molecule has 0 saturated heterocycles. The Balaban J connectivity index is 2.45. The quantitative estimate of drug-likeness (QED) is 0.533. The number of hydrogen-bond acceptors (Lipinski definition) is 2. The Morgan fingerprint density at radius 2 is 1.94 bits per heavy atom. The summed E-state index contributed by atoms with van der Waals surface area (Å²) in [5.41, 5.74) is 2.37. The zero-order valence-corrected chi connectivity index (χ0v) is 10.9. The molecule has 0 unspecified atom stereocenters. The van der Waals surface area contributed by atoms with E-state index in [0.717, 1.165) is 12.0 Å². The molecule has 1 rings (SSSR count). The molecule has 17 heavy (non-hydrogen) atoms. The van der Waals surface area contributed by atoms with Crippen LogP contribution >= 0.6 is 0 Å². The lowest BCUT2D eigenvalue weighted by Crippen LogP contribution is -2.04. The summed E-state index contributed by atoms with van der Waals surface area (Å²) in [7, 11) is 1.43. The van der Waals surface area contributed by atoms with Gasteiger partial charge in [-0.05, 0) is 24.0 Å². The summed E-state index contributed by atoms with van der Waals surface area (Å²) in [4.78, 5) is 11.2. The number of benzene rings is 1. The Bertz CT molecular complexity index is 345. The third kappa shape index (κ3) is 5.53. The number of methoxy groups -OCH3 is 1. The van der Waals surface area contributed by atoms with E-state index in [9.17, 15) is 4.79 Å². The number of rotatable bonds is 7. The number of unbranched alkanes of at least 4 members (excludes halogenated alkanes) is 3. The van der Waals surface area contributed by atoms with Crippen molar-refractivity contribution in [3.05, 3.63) is 35.4 Å². The third-order valence-electron chi connectivity index (χ3n) is 2.89. The van der Waals surface area contributed by atoms with Crippen LogP contribution < -0.4 is 0 Å². The van der Waals surface area contributed by atoms with Gasteiger partial charge < -0.3 is 4.74 Å². The van der Waals surface area contributed by atoms with Gasteiger partial charge >= 0.3 is 5.97 Å². The van der Waals surface area contributed by atoms with E-state index in [4.69, 9.17) is 0 Å². The fraction of sp³-hybridized carbons (Fsp3) is 0.533. The molecule has 0 atom stereocenters. The van der Waals surface area contributed by atoms with Gasteiger partial charge in [-0.2, -0.15) is 0 Å². The monoisotopic (exact) mass is 234 g/mol. The van der Waals surface area contributed by atoms with Gasteiger partial charge in [0.25, 0.3) is 0 Å². The van der Waals surface area contributed by atoms with Gasteiger partial charge in [0, 0.05) is 0 Å². The van der Waals surface area contributed by atoms with Crippen LogP contribution in [0.3, 0.4) is 0 Å². The minimum absolute atomic E-state index is 0.173. The van der Waals surface area contributed by atoms with Gasteiger partial charge in [-0.3, -0.25) is 4.79 Å². The number of ether oxygens (including phenoxy) is 1. The molecule has 0 spiro atoms. The van der Waals surface area contributed by atoms with E-state index in [2.05, 4.69) is 23.8 Å². The molecule has 0 aliphatic rings.